The van der Waals surface area contributed by atoms with Gasteiger partial charge in [0.1, 0.15) is 11.8 Å². The van der Waals surface area contributed by atoms with E-state index in [9.17, 15) is 0 Å². The summed E-state index contributed by atoms with van der Waals surface area (Å²) in [6.07, 6.45) is 2.59. The Hall–Kier alpha value is -2.16. The normalized spacial score (nSPS) is 15.6. The Kier molecular flexibility index (Phi) is 4.84. The lowest BCUT2D eigenvalue weighted by atomic mass is 10.1. The molecule has 0 atom stereocenters. The third-order valence-corrected chi connectivity index (χ3v) is 3.78. The van der Waals surface area contributed by atoms with Gasteiger partial charge in [0.15, 0.2) is 0 Å². The Morgan fingerprint density at radius 3 is 2.95 bits per heavy atom. The van der Waals surface area contributed by atoms with Crippen molar-refractivity contribution in [1.29, 1.82) is 5.26 Å². The molecule has 3 rings (SSSR count). The molecular weight excluding hydrogens is 278 g/mol. The Labute approximate surface area is 130 Å². The molecule has 1 aliphatic rings. The van der Waals surface area contributed by atoms with Crippen LogP contribution in [0, 0.1) is 11.3 Å². The fourth-order valence-corrected chi connectivity index (χ4v) is 2.56. The maximum atomic E-state index is 8.88. The first kappa shape index (κ1) is 14.8. The van der Waals surface area contributed by atoms with Crippen LogP contribution in [-0.2, 0) is 4.74 Å². The van der Waals surface area contributed by atoms with Crippen LogP contribution in [0.3, 0.4) is 0 Å². The molecule has 2 aromatic rings. The molecule has 2 heterocycles. The van der Waals surface area contributed by atoms with Crippen molar-refractivity contribution >= 4 is 10.9 Å². The summed E-state index contributed by atoms with van der Waals surface area (Å²) < 4.78 is 11.1. The Morgan fingerprint density at radius 2 is 2.14 bits per heavy atom. The Bertz CT molecular complexity index is 675. The van der Waals surface area contributed by atoms with Crippen molar-refractivity contribution in [2.75, 3.05) is 39.5 Å². The average molecular weight is 297 g/mol. The minimum atomic E-state index is 0.576. The third kappa shape index (κ3) is 3.73. The van der Waals surface area contributed by atoms with Crippen LogP contribution in [0.25, 0.3) is 10.9 Å². The lowest BCUT2D eigenvalue weighted by molar-refractivity contribution is 0.0358. The smallest absolute Gasteiger partial charge is 0.121 e. The van der Waals surface area contributed by atoms with Gasteiger partial charge in [0.05, 0.1) is 30.9 Å². The molecule has 0 bridgehead atoms. The Balaban J connectivity index is 1.52. The lowest BCUT2D eigenvalue weighted by Gasteiger charge is -2.26. The maximum Gasteiger partial charge on any atom is 0.121 e. The van der Waals surface area contributed by atoms with Crippen LogP contribution in [0.1, 0.15) is 12.0 Å². The molecule has 1 aromatic heterocycles. The number of nitrogens with zero attached hydrogens (tertiary/aromatic N) is 3. The summed E-state index contributed by atoms with van der Waals surface area (Å²) >= 11 is 0. The first-order valence-corrected chi connectivity index (χ1v) is 7.58. The highest BCUT2D eigenvalue weighted by molar-refractivity contribution is 5.81. The highest BCUT2D eigenvalue weighted by Crippen LogP contribution is 2.20. The molecule has 1 fully saturated rings. The van der Waals surface area contributed by atoms with Gasteiger partial charge in [-0.1, -0.05) is 0 Å². The van der Waals surface area contributed by atoms with Crippen molar-refractivity contribution in [3.05, 3.63) is 36.0 Å². The molecule has 5 nitrogen and oxygen atoms in total. The van der Waals surface area contributed by atoms with Gasteiger partial charge in [-0.15, -0.1) is 0 Å². The molecule has 22 heavy (non-hydrogen) atoms. The van der Waals surface area contributed by atoms with E-state index in [1.807, 2.05) is 24.3 Å². The van der Waals surface area contributed by atoms with Crippen LogP contribution in [0.4, 0.5) is 0 Å². The van der Waals surface area contributed by atoms with E-state index in [0.717, 1.165) is 55.9 Å². The fourth-order valence-electron chi connectivity index (χ4n) is 2.56. The minimum Gasteiger partial charge on any atom is -0.493 e. The molecule has 114 valence electrons. The number of pyridine rings is 1. The zero-order chi connectivity index (χ0) is 15.2. The van der Waals surface area contributed by atoms with Crippen LogP contribution < -0.4 is 4.74 Å². The number of rotatable bonds is 5. The van der Waals surface area contributed by atoms with E-state index in [4.69, 9.17) is 14.7 Å². The van der Waals surface area contributed by atoms with Gasteiger partial charge in [-0.25, -0.2) is 0 Å². The molecule has 0 saturated carbocycles. The number of morpholine rings is 1. The van der Waals surface area contributed by atoms with Crippen molar-refractivity contribution in [1.82, 2.24) is 9.88 Å². The van der Waals surface area contributed by atoms with E-state index in [2.05, 4.69) is 16.0 Å². The molecule has 0 unspecified atom stereocenters. The lowest BCUT2D eigenvalue weighted by Crippen LogP contribution is -2.37. The highest BCUT2D eigenvalue weighted by atomic mass is 16.5. The molecule has 0 aliphatic carbocycles. The number of aromatic nitrogens is 1. The average Bonchev–Trinajstić information content (AvgIpc) is 2.59. The van der Waals surface area contributed by atoms with E-state index in [-0.39, 0.29) is 0 Å². The number of ether oxygens (including phenoxy) is 2. The van der Waals surface area contributed by atoms with Gasteiger partial charge in [-0.3, -0.25) is 9.88 Å². The molecule has 0 N–H and O–H groups in total. The summed E-state index contributed by atoms with van der Waals surface area (Å²) in [6.45, 7) is 5.44. The molecular formula is C17H19N3O2. The molecule has 1 aliphatic heterocycles. The monoisotopic (exact) mass is 297 g/mol. The van der Waals surface area contributed by atoms with E-state index < -0.39 is 0 Å². The second-order valence-corrected chi connectivity index (χ2v) is 5.35. The predicted octanol–water partition coefficient (Wildman–Crippen LogP) is 2.21. The van der Waals surface area contributed by atoms with E-state index >= 15 is 0 Å². The summed E-state index contributed by atoms with van der Waals surface area (Å²) in [4.78, 5) is 6.69. The van der Waals surface area contributed by atoms with Crippen LogP contribution in [-0.4, -0.2) is 49.3 Å². The van der Waals surface area contributed by atoms with Crippen LogP contribution in [0.5, 0.6) is 5.75 Å². The maximum absolute atomic E-state index is 8.88. The Morgan fingerprint density at radius 1 is 1.27 bits per heavy atom. The first-order valence-electron chi connectivity index (χ1n) is 7.58. The predicted molar refractivity (Wildman–Crippen MR) is 83.8 cm³/mol. The topological polar surface area (TPSA) is 58.4 Å². The summed E-state index contributed by atoms with van der Waals surface area (Å²) in [7, 11) is 0. The van der Waals surface area contributed by atoms with Crippen molar-refractivity contribution in [3.63, 3.8) is 0 Å². The minimum absolute atomic E-state index is 0.576. The van der Waals surface area contributed by atoms with Gasteiger partial charge >= 0.3 is 0 Å². The second-order valence-electron chi connectivity index (χ2n) is 5.35. The van der Waals surface area contributed by atoms with Crippen LogP contribution in [0.2, 0.25) is 0 Å². The summed E-state index contributed by atoms with van der Waals surface area (Å²) in [6, 6.07) is 9.73. The summed E-state index contributed by atoms with van der Waals surface area (Å²) in [5.41, 5.74) is 1.43. The van der Waals surface area contributed by atoms with Crippen LogP contribution >= 0.6 is 0 Å². The SMILES string of the molecule is N#Cc1cnc2cc(OCCCN3CCOCC3)ccc2c1. The van der Waals surface area contributed by atoms with Gasteiger partial charge in [0.25, 0.3) is 0 Å². The zero-order valence-electron chi connectivity index (χ0n) is 12.5. The van der Waals surface area contributed by atoms with Crippen molar-refractivity contribution < 1.29 is 9.47 Å². The first-order chi connectivity index (χ1) is 10.8. The van der Waals surface area contributed by atoms with Gasteiger partial charge in [0.2, 0.25) is 0 Å². The quantitative estimate of drug-likeness (QED) is 0.792. The molecule has 5 heteroatoms. The van der Waals surface area contributed by atoms with E-state index in [1.54, 1.807) is 6.20 Å². The molecule has 0 spiro atoms. The molecule has 0 radical (unpaired) electrons. The van der Waals surface area contributed by atoms with Gasteiger partial charge in [0, 0.05) is 37.3 Å². The van der Waals surface area contributed by atoms with Crippen molar-refractivity contribution in [2.45, 2.75) is 6.42 Å². The van der Waals surface area contributed by atoms with Crippen LogP contribution in [0.15, 0.2) is 30.5 Å². The van der Waals surface area contributed by atoms with E-state index in [1.165, 1.54) is 0 Å². The number of fused-ring (bicyclic) bond motifs is 1. The van der Waals surface area contributed by atoms with Gasteiger partial charge in [-0.2, -0.15) is 5.26 Å². The fraction of sp³-hybridized carbons (Fsp3) is 0.412. The number of hydrogen-bond donors (Lipinski definition) is 0. The van der Waals surface area contributed by atoms with Gasteiger partial charge in [-0.05, 0) is 24.6 Å². The zero-order valence-corrected chi connectivity index (χ0v) is 12.5. The third-order valence-electron chi connectivity index (χ3n) is 3.78. The standard InChI is InChI=1S/C17H19N3O2/c18-12-14-10-15-2-3-16(11-17(15)19-13-14)22-7-1-4-20-5-8-21-9-6-20/h2-3,10-11,13H,1,4-9H2. The van der Waals surface area contributed by atoms with Gasteiger partial charge < -0.3 is 9.47 Å². The number of hydrogen-bond acceptors (Lipinski definition) is 5. The second kappa shape index (κ2) is 7.21. The van der Waals surface area contributed by atoms with Crippen molar-refractivity contribution in [3.8, 4) is 11.8 Å². The van der Waals surface area contributed by atoms with Crippen molar-refractivity contribution in [2.24, 2.45) is 0 Å². The molecule has 1 saturated heterocycles. The summed E-state index contributed by atoms with van der Waals surface area (Å²) in [5.74, 6) is 0.826. The summed E-state index contributed by atoms with van der Waals surface area (Å²) in [5, 5.41) is 9.83. The van der Waals surface area contributed by atoms with E-state index in [0.29, 0.717) is 12.2 Å². The number of benzene rings is 1. The molecule has 1 aromatic carbocycles. The number of nitriles is 1. The highest BCUT2D eigenvalue weighted by Gasteiger charge is 2.09. The largest absolute Gasteiger partial charge is 0.493 e. The molecule has 0 amide bonds.